The van der Waals surface area contributed by atoms with Gasteiger partial charge in [-0.25, -0.2) is 8.60 Å². The summed E-state index contributed by atoms with van der Waals surface area (Å²) in [4.78, 5) is 9.82. The lowest BCUT2D eigenvalue weighted by atomic mass is 10.7. The fourth-order valence-electron chi connectivity index (χ4n) is 0.0947. The third kappa shape index (κ3) is 1.94. The van der Waals surface area contributed by atoms with Crippen LogP contribution in [0.4, 0.5) is 4.39 Å². The molecule has 0 fully saturated rings. The van der Waals surface area contributed by atoms with Gasteiger partial charge in [-0.1, -0.05) is 6.58 Å². The maximum atomic E-state index is 11.4. The fraction of sp³-hybridized carbons (Fsp3) is 0. The molecule has 1 atom stereocenters. The van der Waals surface area contributed by atoms with Crippen molar-refractivity contribution in [2.24, 2.45) is 0 Å². The van der Waals surface area contributed by atoms with Gasteiger partial charge in [-0.05, 0) is 0 Å². The van der Waals surface area contributed by atoms with Gasteiger partial charge in [-0.3, -0.25) is 9.35 Å². The molecule has 0 aliphatic rings. The number of rotatable bonds is 1. The van der Waals surface area contributed by atoms with E-state index in [0.717, 1.165) is 0 Å². The van der Waals surface area contributed by atoms with Crippen LogP contribution in [0.15, 0.2) is 12.4 Å². The maximum absolute atomic E-state index is 11.4. The van der Waals surface area contributed by atoms with Crippen LogP contribution in [0.5, 0.6) is 0 Å². The minimum atomic E-state index is -2.75. The Hall–Kier alpha value is -0.550. The normalized spacial score (nSPS) is 12.8. The quantitative estimate of drug-likeness (QED) is 0.416. The molecule has 1 unspecified atom stereocenters. The Balaban J connectivity index is 4.05. The zero-order valence-electron chi connectivity index (χ0n) is 3.76. The number of hydrogen-bond donors (Lipinski definition) is 1. The summed E-state index contributed by atoms with van der Waals surface area (Å²) in [5, 5.41) is -1.48. The van der Waals surface area contributed by atoms with Crippen LogP contribution in [-0.2, 0) is 15.9 Å². The van der Waals surface area contributed by atoms with Gasteiger partial charge in [0.05, 0.1) is 0 Å². The summed E-state index contributed by atoms with van der Waals surface area (Å²) < 4.78 is 28.9. The van der Waals surface area contributed by atoms with Crippen molar-refractivity contribution in [3.05, 3.63) is 12.4 Å². The second-order valence-electron chi connectivity index (χ2n) is 0.942. The van der Waals surface area contributed by atoms with Gasteiger partial charge >= 0.3 is 5.12 Å². The predicted molar refractivity (Wildman–Crippen MR) is 26.0 cm³/mol. The van der Waals surface area contributed by atoms with Crippen LogP contribution in [0.1, 0.15) is 0 Å². The Kier molecular flexibility index (Phi) is 2.50. The third-order valence-electron chi connectivity index (χ3n) is 0.380. The zero-order valence-corrected chi connectivity index (χ0v) is 4.57. The monoisotopic (exact) mass is 138 g/mol. The van der Waals surface area contributed by atoms with E-state index in [9.17, 15) is 13.4 Å². The molecule has 0 aliphatic carbocycles. The highest BCUT2D eigenvalue weighted by atomic mass is 32.2. The molecule has 0 aromatic rings. The lowest BCUT2D eigenvalue weighted by Crippen LogP contribution is -2.04. The molecular weight excluding hydrogens is 135 g/mol. The van der Waals surface area contributed by atoms with Crippen LogP contribution in [0.25, 0.3) is 0 Å². The van der Waals surface area contributed by atoms with Gasteiger partial charge in [0.25, 0.3) is 0 Å². The van der Waals surface area contributed by atoms with Gasteiger partial charge in [0.2, 0.25) is 11.1 Å². The summed E-state index contributed by atoms with van der Waals surface area (Å²) >= 11 is -2.75. The van der Waals surface area contributed by atoms with Gasteiger partial charge in [-0.2, -0.15) is 0 Å². The van der Waals surface area contributed by atoms with Crippen molar-refractivity contribution in [3.8, 4) is 0 Å². The van der Waals surface area contributed by atoms with Crippen molar-refractivity contribution in [3.63, 3.8) is 0 Å². The molecule has 0 aliphatic heterocycles. The van der Waals surface area contributed by atoms with Gasteiger partial charge in [0, 0.05) is 0 Å². The van der Waals surface area contributed by atoms with Crippen molar-refractivity contribution in [2.75, 3.05) is 0 Å². The maximum Gasteiger partial charge on any atom is 0.303 e. The summed E-state index contributed by atoms with van der Waals surface area (Å²) in [5.41, 5.74) is 0. The van der Waals surface area contributed by atoms with E-state index >= 15 is 0 Å². The Bertz CT molecular complexity index is 137. The molecule has 0 aromatic heterocycles. The van der Waals surface area contributed by atoms with Crippen molar-refractivity contribution in [2.45, 2.75) is 0 Å². The zero-order chi connectivity index (χ0) is 6.73. The third-order valence-corrected chi connectivity index (χ3v) is 0.919. The van der Waals surface area contributed by atoms with Crippen LogP contribution in [0.2, 0.25) is 0 Å². The molecule has 1 N–H and O–H groups in total. The lowest BCUT2D eigenvalue weighted by molar-refractivity contribution is -0.109. The van der Waals surface area contributed by atoms with Crippen molar-refractivity contribution < 1.29 is 17.9 Å². The molecule has 5 heteroatoms. The highest BCUT2D eigenvalue weighted by Crippen LogP contribution is 1.94. The molecule has 0 saturated carbocycles. The molecule has 0 saturated heterocycles. The highest BCUT2D eigenvalue weighted by Gasteiger charge is 2.11. The van der Waals surface area contributed by atoms with E-state index in [1.807, 2.05) is 0 Å². The first-order valence-electron chi connectivity index (χ1n) is 1.55. The van der Waals surface area contributed by atoms with Crippen LogP contribution < -0.4 is 0 Å². The van der Waals surface area contributed by atoms with Crippen molar-refractivity contribution in [1.82, 2.24) is 0 Å². The second-order valence-corrected chi connectivity index (χ2v) is 1.81. The van der Waals surface area contributed by atoms with Gasteiger partial charge < -0.3 is 0 Å². The average Bonchev–Trinajstić information content (AvgIpc) is 1.64. The molecule has 0 bridgehead atoms. The van der Waals surface area contributed by atoms with Gasteiger partial charge in [-0.15, -0.1) is 0 Å². The highest BCUT2D eigenvalue weighted by molar-refractivity contribution is 7.95. The van der Waals surface area contributed by atoms with Gasteiger partial charge in [0.15, 0.2) is 5.83 Å². The standard InChI is InChI=1S/C3H3FO3S/c1-2(4)3(5)8(6)7/h1H2,(H,6,7). The Morgan fingerprint density at radius 3 is 2.12 bits per heavy atom. The summed E-state index contributed by atoms with van der Waals surface area (Å²) in [6, 6.07) is 0. The molecule has 3 nitrogen and oxygen atoms in total. The number of carbonyl (C=O) groups excluding carboxylic acids is 1. The van der Waals surface area contributed by atoms with Crippen LogP contribution in [-0.4, -0.2) is 13.9 Å². The van der Waals surface area contributed by atoms with Crippen LogP contribution in [0, 0.1) is 0 Å². The second kappa shape index (κ2) is 2.68. The van der Waals surface area contributed by atoms with E-state index in [-0.39, 0.29) is 0 Å². The molecule has 46 valence electrons. The SMILES string of the molecule is C=C(F)C(=O)S(=O)O. The molecule has 0 amide bonds. The predicted octanol–water partition coefficient (Wildman–Crippen LogP) is 0.218. The first-order chi connectivity index (χ1) is 3.55. The molecule has 0 rings (SSSR count). The Labute approximate surface area is 47.5 Å². The summed E-state index contributed by atoms with van der Waals surface area (Å²) in [7, 11) is 0. The summed E-state index contributed by atoms with van der Waals surface area (Å²) in [6.07, 6.45) is 0. The molecular formula is C3H3FO3S. The van der Waals surface area contributed by atoms with Crippen LogP contribution in [0.3, 0.4) is 0 Å². The molecule has 0 radical (unpaired) electrons. The topological polar surface area (TPSA) is 54.4 Å². The average molecular weight is 138 g/mol. The van der Waals surface area contributed by atoms with Gasteiger partial charge in [0.1, 0.15) is 0 Å². The molecule has 8 heavy (non-hydrogen) atoms. The van der Waals surface area contributed by atoms with Crippen molar-refractivity contribution >= 4 is 16.2 Å². The van der Waals surface area contributed by atoms with E-state index in [1.165, 1.54) is 0 Å². The number of hydrogen-bond acceptors (Lipinski definition) is 2. The fourth-order valence-corrected chi connectivity index (χ4v) is 0.284. The van der Waals surface area contributed by atoms with E-state index in [1.54, 1.807) is 0 Å². The number of carbonyl (C=O) groups is 1. The lowest BCUT2D eigenvalue weighted by Gasteiger charge is -1.83. The minimum Gasteiger partial charge on any atom is -0.300 e. The first-order valence-corrected chi connectivity index (χ1v) is 2.66. The molecule has 0 spiro atoms. The number of halogens is 1. The van der Waals surface area contributed by atoms with E-state index in [2.05, 4.69) is 6.58 Å². The smallest absolute Gasteiger partial charge is 0.300 e. The Morgan fingerprint density at radius 1 is 1.75 bits per heavy atom. The molecule has 0 aromatic carbocycles. The van der Waals surface area contributed by atoms with E-state index in [0.29, 0.717) is 0 Å². The summed E-state index contributed by atoms with van der Waals surface area (Å²) in [6.45, 7) is 2.51. The minimum absolute atomic E-state index is 1.40. The van der Waals surface area contributed by atoms with Crippen LogP contribution >= 0.6 is 0 Å². The first kappa shape index (κ1) is 7.45. The summed E-state index contributed by atoms with van der Waals surface area (Å²) in [5.74, 6) is -1.40. The van der Waals surface area contributed by atoms with E-state index in [4.69, 9.17) is 4.55 Å². The van der Waals surface area contributed by atoms with Crippen molar-refractivity contribution in [1.29, 1.82) is 0 Å². The Morgan fingerprint density at radius 2 is 2.12 bits per heavy atom. The largest absolute Gasteiger partial charge is 0.303 e. The molecule has 0 heterocycles. The van der Waals surface area contributed by atoms with E-state index < -0.39 is 22.0 Å².